The van der Waals surface area contributed by atoms with Crippen LogP contribution in [0.3, 0.4) is 0 Å². The Balaban J connectivity index is 2.13. The number of carbonyl (C=O) groups excluding carboxylic acids is 1. The van der Waals surface area contributed by atoms with Gasteiger partial charge in [-0.3, -0.25) is 4.79 Å². The van der Waals surface area contributed by atoms with Gasteiger partial charge in [0.15, 0.2) is 0 Å². The first-order valence-corrected chi connectivity index (χ1v) is 6.78. The first-order valence-electron chi connectivity index (χ1n) is 6.78. The minimum Gasteiger partial charge on any atom is -0.399 e. The highest BCUT2D eigenvalue weighted by molar-refractivity contribution is 5.99. The van der Waals surface area contributed by atoms with Gasteiger partial charge in [-0.15, -0.1) is 0 Å². The van der Waals surface area contributed by atoms with E-state index in [1.54, 1.807) is 18.2 Å². The highest BCUT2D eigenvalue weighted by Crippen LogP contribution is 2.22. The molecule has 1 amide bonds. The van der Waals surface area contributed by atoms with Gasteiger partial charge in [-0.2, -0.15) is 0 Å². The number of rotatable bonds is 4. The molecule has 1 atom stereocenters. The molecular formula is C14H22N4O. The minimum atomic E-state index is -0.425. The third kappa shape index (κ3) is 3.38. The van der Waals surface area contributed by atoms with E-state index in [0.29, 0.717) is 17.3 Å². The summed E-state index contributed by atoms with van der Waals surface area (Å²) in [7, 11) is 0. The summed E-state index contributed by atoms with van der Waals surface area (Å²) in [6.07, 6.45) is 2.27. The average Bonchev–Trinajstić information content (AvgIpc) is 2.38. The second-order valence-electron chi connectivity index (χ2n) is 5.05. The molecule has 5 heteroatoms. The number of carbonyl (C=O) groups is 1. The van der Waals surface area contributed by atoms with Crippen molar-refractivity contribution >= 4 is 17.3 Å². The molecule has 1 aromatic carbocycles. The molecule has 1 aromatic rings. The molecule has 0 bridgehead atoms. The maximum atomic E-state index is 11.4. The quantitative estimate of drug-likeness (QED) is 0.713. The SMILES string of the molecule is CCN1CCCC(Nc2cc(N)ccc2C(N)=O)C1. The first kappa shape index (κ1) is 13.7. The van der Waals surface area contributed by atoms with Crippen molar-refractivity contribution in [3.63, 3.8) is 0 Å². The van der Waals surface area contributed by atoms with E-state index in [9.17, 15) is 4.79 Å². The fourth-order valence-corrected chi connectivity index (χ4v) is 2.58. The van der Waals surface area contributed by atoms with Crippen molar-refractivity contribution in [2.24, 2.45) is 5.73 Å². The lowest BCUT2D eigenvalue weighted by Gasteiger charge is -2.33. The number of hydrogen-bond acceptors (Lipinski definition) is 4. The van der Waals surface area contributed by atoms with Gasteiger partial charge in [0.25, 0.3) is 5.91 Å². The van der Waals surface area contributed by atoms with Crippen LogP contribution in [0.4, 0.5) is 11.4 Å². The Morgan fingerprint density at radius 1 is 1.53 bits per heavy atom. The van der Waals surface area contributed by atoms with Gasteiger partial charge in [-0.25, -0.2) is 0 Å². The molecule has 1 unspecified atom stereocenters. The number of nitrogens with zero attached hydrogens (tertiary/aromatic N) is 1. The molecule has 5 N–H and O–H groups in total. The Bertz CT molecular complexity index is 461. The molecule has 1 saturated heterocycles. The van der Waals surface area contributed by atoms with E-state index < -0.39 is 5.91 Å². The average molecular weight is 262 g/mol. The van der Waals surface area contributed by atoms with E-state index >= 15 is 0 Å². The highest BCUT2D eigenvalue weighted by Gasteiger charge is 2.20. The molecule has 0 aromatic heterocycles. The van der Waals surface area contributed by atoms with Gasteiger partial charge in [-0.05, 0) is 44.1 Å². The lowest BCUT2D eigenvalue weighted by Crippen LogP contribution is -2.42. The predicted molar refractivity (Wildman–Crippen MR) is 78.1 cm³/mol. The molecule has 19 heavy (non-hydrogen) atoms. The Labute approximate surface area is 113 Å². The predicted octanol–water partition coefficient (Wildman–Crippen LogP) is 1.26. The van der Waals surface area contributed by atoms with Crippen molar-refractivity contribution in [2.75, 3.05) is 30.7 Å². The number of amides is 1. The van der Waals surface area contributed by atoms with Crippen molar-refractivity contribution in [3.05, 3.63) is 23.8 Å². The van der Waals surface area contributed by atoms with Crippen molar-refractivity contribution in [3.8, 4) is 0 Å². The smallest absolute Gasteiger partial charge is 0.250 e. The van der Waals surface area contributed by atoms with Crippen LogP contribution in [0.2, 0.25) is 0 Å². The number of benzene rings is 1. The lowest BCUT2D eigenvalue weighted by atomic mass is 10.0. The van der Waals surface area contributed by atoms with Gasteiger partial charge in [0.2, 0.25) is 0 Å². The summed E-state index contributed by atoms with van der Waals surface area (Å²) in [6, 6.07) is 5.50. The van der Waals surface area contributed by atoms with Gasteiger partial charge < -0.3 is 21.7 Å². The van der Waals surface area contributed by atoms with E-state index in [0.717, 1.165) is 31.7 Å². The topological polar surface area (TPSA) is 84.4 Å². The molecule has 1 fully saturated rings. The van der Waals surface area contributed by atoms with Crippen molar-refractivity contribution < 1.29 is 4.79 Å². The first-order chi connectivity index (χ1) is 9.10. The zero-order chi connectivity index (χ0) is 13.8. The van der Waals surface area contributed by atoms with Crippen molar-refractivity contribution in [2.45, 2.75) is 25.8 Å². The molecule has 1 aliphatic rings. The molecule has 0 saturated carbocycles. The zero-order valence-corrected chi connectivity index (χ0v) is 11.4. The second-order valence-corrected chi connectivity index (χ2v) is 5.05. The highest BCUT2D eigenvalue weighted by atomic mass is 16.1. The fourth-order valence-electron chi connectivity index (χ4n) is 2.58. The van der Waals surface area contributed by atoms with Gasteiger partial charge >= 0.3 is 0 Å². The summed E-state index contributed by atoms with van der Waals surface area (Å²) in [5.74, 6) is -0.425. The molecule has 0 spiro atoms. The molecule has 0 radical (unpaired) electrons. The lowest BCUT2D eigenvalue weighted by molar-refractivity contribution is 0.100. The standard InChI is InChI=1S/C14H22N4O/c1-2-18-7-3-4-11(9-18)17-13-8-10(15)5-6-12(13)14(16)19/h5-6,8,11,17H,2-4,7,9,15H2,1H3,(H2,16,19). The number of piperidine rings is 1. The maximum absolute atomic E-state index is 11.4. The van der Waals surface area contributed by atoms with Crippen LogP contribution in [0.15, 0.2) is 18.2 Å². The number of likely N-dealkylation sites (N-methyl/N-ethyl adjacent to an activating group) is 1. The van der Waals surface area contributed by atoms with Crippen LogP contribution in [-0.2, 0) is 0 Å². The third-order valence-corrected chi connectivity index (χ3v) is 3.62. The van der Waals surface area contributed by atoms with Crippen LogP contribution in [0.25, 0.3) is 0 Å². The number of nitrogens with one attached hydrogen (secondary N) is 1. The minimum absolute atomic E-state index is 0.341. The summed E-state index contributed by atoms with van der Waals surface area (Å²) in [4.78, 5) is 13.8. The summed E-state index contributed by atoms with van der Waals surface area (Å²) in [5.41, 5.74) is 13.1. The summed E-state index contributed by atoms with van der Waals surface area (Å²) >= 11 is 0. The number of anilines is 2. The molecule has 5 nitrogen and oxygen atoms in total. The van der Waals surface area contributed by atoms with Gasteiger partial charge in [0.05, 0.1) is 5.56 Å². The number of primary amides is 1. The van der Waals surface area contributed by atoms with Crippen LogP contribution in [-0.4, -0.2) is 36.5 Å². The summed E-state index contributed by atoms with van der Waals surface area (Å²) < 4.78 is 0. The molecule has 1 heterocycles. The molecule has 0 aliphatic carbocycles. The Kier molecular flexibility index (Phi) is 4.27. The zero-order valence-electron chi connectivity index (χ0n) is 11.4. The molecule has 1 aliphatic heterocycles. The van der Waals surface area contributed by atoms with E-state index in [-0.39, 0.29) is 0 Å². The van der Waals surface area contributed by atoms with Crippen molar-refractivity contribution in [1.29, 1.82) is 0 Å². The van der Waals surface area contributed by atoms with Crippen LogP contribution in [0.1, 0.15) is 30.1 Å². The molecule has 104 valence electrons. The summed E-state index contributed by atoms with van der Waals surface area (Å²) in [5, 5.41) is 3.41. The maximum Gasteiger partial charge on any atom is 0.250 e. The van der Waals surface area contributed by atoms with E-state index in [1.165, 1.54) is 6.42 Å². The van der Waals surface area contributed by atoms with E-state index in [2.05, 4.69) is 17.1 Å². The van der Waals surface area contributed by atoms with Gasteiger partial charge in [0, 0.05) is 24.0 Å². The van der Waals surface area contributed by atoms with Crippen LogP contribution >= 0.6 is 0 Å². The number of nitrogen functional groups attached to an aromatic ring is 1. The van der Waals surface area contributed by atoms with Gasteiger partial charge in [-0.1, -0.05) is 6.92 Å². The normalized spacial score (nSPS) is 20.2. The van der Waals surface area contributed by atoms with Gasteiger partial charge in [0.1, 0.15) is 0 Å². The number of hydrogen-bond donors (Lipinski definition) is 3. The fraction of sp³-hybridized carbons (Fsp3) is 0.500. The van der Waals surface area contributed by atoms with Crippen molar-refractivity contribution in [1.82, 2.24) is 4.90 Å². The van der Waals surface area contributed by atoms with E-state index in [1.807, 2.05) is 0 Å². The Hall–Kier alpha value is -1.75. The molecular weight excluding hydrogens is 240 g/mol. The molecule has 2 rings (SSSR count). The summed E-state index contributed by atoms with van der Waals surface area (Å²) in [6.45, 7) is 5.35. The van der Waals surface area contributed by atoms with Crippen LogP contribution in [0.5, 0.6) is 0 Å². The third-order valence-electron chi connectivity index (χ3n) is 3.62. The van der Waals surface area contributed by atoms with Crippen LogP contribution < -0.4 is 16.8 Å². The van der Waals surface area contributed by atoms with Crippen LogP contribution in [0, 0.1) is 0 Å². The number of likely N-dealkylation sites (tertiary alicyclic amines) is 1. The Morgan fingerprint density at radius 3 is 3.00 bits per heavy atom. The Morgan fingerprint density at radius 2 is 2.32 bits per heavy atom. The second kappa shape index (κ2) is 5.93. The number of nitrogens with two attached hydrogens (primary N) is 2. The van der Waals surface area contributed by atoms with E-state index in [4.69, 9.17) is 11.5 Å². The largest absolute Gasteiger partial charge is 0.399 e. The monoisotopic (exact) mass is 262 g/mol.